The lowest BCUT2D eigenvalue weighted by molar-refractivity contribution is 0.0772. The number of primary amides is 1. The van der Waals surface area contributed by atoms with Gasteiger partial charge in [0.15, 0.2) is 0 Å². The van der Waals surface area contributed by atoms with E-state index in [1.807, 2.05) is 13.8 Å². The number of nitrogens with two attached hydrogens (primary N) is 1. The Labute approximate surface area is 156 Å². The molecule has 0 radical (unpaired) electrons. The van der Waals surface area contributed by atoms with E-state index in [1.165, 1.54) is 30.3 Å². The van der Waals surface area contributed by atoms with Crippen molar-refractivity contribution < 1.29 is 14.4 Å². The highest BCUT2D eigenvalue weighted by molar-refractivity contribution is 6.34. The Hall–Kier alpha value is -2.86. The van der Waals surface area contributed by atoms with E-state index in [1.54, 1.807) is 17.0 Å². The van der Waals surface area contributed by atoms with E-state index in [2.05, 4.69) is 5.32 Å². The quantitative estimate of drug-likeness (QED) is 0.814. The molecule has 0 spiro atoms. The Morgan fingerprint density at radius 2 is 1.58 bits per heavy atom. The molecule has 7 heteroatoms. The lowest BCUT2D eigenvalue weighted by atomic mass is 10.1. The van der Waals surface area contributed by atoms with Crippen molar-refractivity contribution in [2.75, 3.05) is 18.4 Å². The molecule has 3 N–H and O–H groups in total. The molecular formula is C19H20ClN3O3. The highest BCUT2D eigenvalue weighted by atomic mass is 35.5. The van der Waals surface area contributed by atoms with E-state index in [4.69, 9.17) is 17.3 Å². The molecule has 0 aromatic heterocycles. The van der Waals surface area contributed by atoms with Gasteiger partial charge in [-0.2, -0.15) is 0 Å². The molecule has 26 heavy (non-hydrogen) atoms. The summed E-state index contributed by atoms with van der Waals surface area (Å²) in [5.74, 6) is -1.07. The molecule has 2 aromatic rings. The van der Waals surface area contributed by atoms with Crippen LogP contribution in [-0.4, -0.2) is 35.7 Å². The number of amides is 3. The Bertz CT molecular complexity index is 830. The van der Waals surface area contributed by atoms with E-state index >= 15 is 0 Å². The number of nitrogens with zero attached hydrogens (tertiary/aromatic N) is 1. The summed E-state index contributed by atoms with van der Waals surface area (Å²) in [4.78, 5) is 37.4. The Morgan fingerprint density at radius 1 is 1.00 bits per heavy atom. The third kappa shape index (κ3) is 4.40. The van der Waals surface area contributed by atoms with Gasteiger partial charge in [0.25, 0.3) is 11.8 Å². The lowest BCUT2D eigenvalue weighted by Gasteiger charge is -2.19. The number of nitrogens with one attached hydrogen (secondary N) is 1. The van der Waals surface area contributed by atoms with E-state index in [0.29, 0.717) is 35.5 Å². The third-order valence-electron chi connectivity index (χ3n) is 3.94. The number of carbonyl (C=O) groups is 3. The average Bonchev–Trinajstić information content (AvgIpc) is 2.62. The van der Waals surface area contributed by atoms with Gasteiger partial charge in [0.2, 0.25) is 5.91 Å². The fourth-order valence-electron chi connectivity index (χ4n) is 2.44. The van der Waals surface area contributed by atoms with Crippen molar-refractivity contribution in [2.45, 2.75) is 13.8 Å². The topological polar surface area (TPSA) is 92.5 Å². The molecule has 0 bridgehead atoms. The molecule has 0 saturated heterocycles. The van der Waals surface area contributed by atoms with Crippen LogP contribution in [0.15, 0.2) is 42.5 Å². The molecule has 0 saturated carbocycles. The fourth-order valence-corrected chi connectivity index (χ4v) is 2.70. The zero-order valence-electron chi connectivity index (χ0n) is 14.6. The molecule has 3 amide bonds. The standard InChI is InChI=1S/C19H20ClN3O3/c1-3-23(4-2)19(26)15-10-9-14(11-16(15)20)22-18(25)13-7-5-12(6-8-13)17(21)24/h5-11H,3-4H2,1-2H3,(H2,21,24)(H,22,25). The second kappa shape index (κ2) is 8.49. The van der Waals surface area contributed by atoms with Gasteiger partial charge in [-0.05, 0) is 56.3 Å². The van der Waals surface area contributed by atoms with Gasteiger partial charge < -0.3 is 16.0 Å². The number of rotatable bonds is 6. The van der Waals surface area contributed by atoms with Gasteiger partial charge in [0.1, 0.15) is 0 Å². The van der Waals surface area contributed by atoms with Crippen LogP contribution in [-0.2, 0) is 0 Å². The highest BCUT2D eigenvalue weighted by Gasteiger charge is 2.16. The van der Waals surface area contributed by atoms with Gasteiger partial charge in [0.05, 0.1) is 10.6 Å². The zero-order valence-corrected chi connectivity index (χ0v) is 15.3. The molecule has 0 aliphatic rings. The van der Waals surface area contributed by atoms with Gasteiger partial charge in [-0.25, -0.2) is 0 Å². The van der Waals surface area contributed by atoms with E-state index in [0.717, 1.165) is 0 Å². The smallest absolute Gasteiger partial charge is 0.255 e. The van der Waals surface area contributed by atoms with Crippen LogP contribution in [0.2, 0.25) is 5.02 Å². The highest BCUT2D eigenvalue weighted by Crippen LogP contribution is 2.23. The number of carbonyl (C=O) groups excluding carboxylic acids is 3. The van der Waals surface area contributed by atoms with Gasteiger partial charge in [-0.1, -0.05) is 11.6 Å². The van der Waals surface area contributed by atoms with Crippen molar-refractivity contribution in [1.29, 1.82) is 0 Å². The zero-order chi connectivity index (χ0) is 19.3. The fraction of sp³-hybridized carbons (Fsp3) is 0.211. The summed E-state index contributed by atoms with van der Waals surface area (Å²) in [6.07, 6.45) is 0. The van der Waals surface area contributed by atoms with Crippen molar-refractivity contribution in [3.8, 4) is 0 Å². The molecule has 6 nitrogen and oxygen atoms in total. The van der Waals surface area contributed by atoms with Crippen molar-refractivity contribution in [3.63, 3.8) is 0 Å². The summed E-state index contributed by atoms with van der Waals surface area (Å²) in [5.41, 5.74) is 6.72. The van der Waals surface area contributed by atoms with Crippen LogP contribution in [0.25, 0.3) is 0 Å². The monoisotopic (exact) mass is 373 g/mol. The van der Waals surface area contributed by atoms with E-state index in [-0.39, 0.29) is 16.8 Å². The predicted octanol–water partition coefficient (Wildman–Crippen LogP) is 3.17. The van der Waals surface area contributed by atoms with Crippen LogP contribution in [0.3, 0.4) is 0 Å². The minimum atomic E-state index is -0.558. The van der Waals surface area contributed by atoms with Gasteiger partial charge in [-0.15, -0.1) is 0 Å². The first kappa shape index (κ1) is 19.5. The Kier molecular flexibility index (Phi) is 6.36. The van der Waals surface area contributed by atoms with Crippen LogP contribution >= 0.6 is 11.6 Å². The molecule has 2 aromatic carbocycles. The normalized spacial score (nSPS) is 10.3. The molecule has 0 heterocycles. The minimum Gasteiger partial charge on any atom is -0.366 e. The first-order valence-electron chi connectivity index (χ1n) is 8.17. The largest absolute Gasteiger partial charge is 0.366 e. The van der Waals surface area contributed by atoms with E-state index < -0.39 is 5.91 Å². The molecule has 2 rings (SSSR count). The molecule has 0 aliphatic carbocycles. The van der Waals surface area contributed by atoms with E-state index in [9.17, 15) is 14.4 Å². The SMILES string of the molecule is CCN(CC)C(=O)c1ccc(NC(=O)c2ccc(C(N)=O)cc2)cc1Cl. The second-order valence-electron chi connectivity index (χ2n) is 5.57. The van der Waals surface area contributed by atoms with Crippen molar-refractivity contribution in [3.05, 3.63) is 64.2 Å². The van der Waals surface area contributed by atoms with Crippen molar-refractivity contribution >= 4 is 35.0 Å². The molecule has 0 fully saturated rings. The lowest BCUT2D eigenvalue weighted by Crippen LogP contribution is -2.30. The summed E-state index contributed by atoms with van der Waals surface area (Å²) < 4.78 is 0. The Morgan fingerprint density at radius 3 is 2.08 bits per heavy atom. The molecule has 0 atom stereocenters. The summed E-state index contributed by atoms with van der Waals surface area (Å²) in [7, 11) is 0. The van der Waals surface area contributed by atoms with Gasteiger partial charge in [0, 0.05) is 29.9 Å². The van der Waals surface area contributed by atoms with Crippen molar-refractivity contribution in [2.24, 2.45) is 5.73 Å². The summed E-state index contributed by atoms with van der Waals surface area (Å²) in [6.45, 7) is 4.97. The summed E-state index contributed by atoms with van der Waals surface area (Å²) in [6, 6.07) is 10.7. The number of benzene rings is 2. The number of anilines is 1. The van der Waals surface area contributed by atoms with Crippen molar-refractivity contribution in [1.82, 2.24) is 4.90 Å². The van der Waals surface area contributed by atoms with Crippen LogP contribution in [0.5, 0.6) is 0 Å². The van der Waals surface area contributed by atoms with Crippen LogP contribution in [0.1, 0.15) is 44.9 Å². The van der Waals surface area contributed by atoms with Gasteiger partial charge >= 0.3 is 0 Å². The second-order valence-corrected chi connectivity index (χ2v) is 5.97. The van der Waals surface area contributed by atoms with Crippen LogP contribution in [0.4, 0.5) is 5.69 Å². The number of hydrogen-bond acceptors (Lipinski definition) is 3. The average molecular weight is 374 g/mol. The maximum absolute atomic E-state index is 12.4. The predicted molar refractivity (Wildman–Crippen MR) is 102 cm³/mol. The first-order chi connectivity index (χ1) is 12.4. The van der Waals surface area contributed by atoms with Crippen LogP contribution in [0, 0.1) is 0 Å². The maximum Gasteiger partial charge on any atom is 0.255 e. The molecule has 0 aliphatic heterocycles. The molecule has 136 valence electrons. The minimum absolute atomic E-state index is 0.153. The summed E-state index contributed by atoms with van der Waals surface area (Å²) in [5, 5.41) is 2.97. The number of hydrogen-bond donors (Lipinski definition) is 2. The van der Waals surface area contributed by atoms with Gasteiger partial charge in [-0.3, -0.25) is 14.4 Å². The maximum atomic E-state index is 12.4. The third-order valence-corrected chi connectivity index (χ3v) is 4.25. The summed E-state index contributed by atoms with van der Waals surface area (Å²) >= 11 is 6.22. The number of halogens is 1. The molecular weight excluding hydrogens is 354 g/mol. The first-order valence-corrected chi connectivity index (χ1v) is 8.55. The molecule has 0 unspecified atom stereocenters. The Balaban J connectivity index is 2.15. The van der Waals surface area contributed by atoms with Crippen LogP contribution < -0.4 is 11.1 Å².